The molecule has 2 radical (unpaired) electrons. The van der Waals surface area contributed by atoms with E-state index >= 15 is 0 Å². The second-order valence-corrected chi connectivity index (χ2v) is 1.41. The van der Waals surface area contributed by atoms with E-state index in [-0.39, 0.29) is 14.1 Å². The van der Waals surface area contributed by atoms with E-state index < -0.39 is 0 Å². The highest BCUT2D eigenvalue weighted by molar-refractivity contribution is 6.32. The van der Waals surface area contributed by atoms with Crippen molar-refractivity contribution in [2.45, 2.75) is 0 Å². The first-order valence-corrected chi connectivity index (χ1v) is 2.20. The van der Waals surface area contributed by atoms with E-state index in [0.29, 0.717) is 0 Å². The topological polar surface area (TPSA) is 0 Å². The summed E-state index contributed by atoms with van der Waals surface area (Å²) in [6.45, 7) is 0. The molecule has 0 saturated carbocycles. The van der Waals surface area contributed by atoms with Gasteiger partial charge in [0, 0.05) is 0 Å². The fourth-order valence-corrected chi connectivity index (χ4v) is 0.453. The fraction of sp³-hybridized carbons (Fsp3) is 0. The number of rotatable bonds is 0. The largest absolute Gasteiger partial charge is 0.269 e. The van der Waals surface area contributed by atoms with E-state index in [1.54, 1.807) is 0 Å². The van der Waals surface area contributed by atoms with Crippen LogP contribution in [0.4, 0.5) is 14.1 Å². The summed E-state index contributed by atoms with van der Waals surface area (Å²) in [4.78, 5) is 0. The molecule has 0 fully saturated rings. The van der Waals surface area contributed by atoms with Crippen molar-refractivity contribution in [1.29, 1.82) is 0 Å². The summed E-state index contributed by atoms with van der Waals surface area (Å²) < 4.78 is 0. The molecule has 56 valence electrons. The lowest BCUT2D eigenvalue weighted by atomic mass is 9.97. The van der Waals surface area contributed by atoms with Crippen molar-refractivity contribution in [3.05, 3.63) is 30.3 Å². The molecular weight excluding hydrogens is 140 g/mol. The van der Waals surface area contributed by atoms with E-state index in [0.717, 1.165) is 5.46 Å². The molecule has 0 saturated heterocycles. The van der Waals surface area contributed by atoms with Crippen LogP contribution in [0.3, 0.4) is 0 Å². The van der Waals surface area contributed by atoms with Gasteiger partial charge in [-0.3, -0.25) is 14.1 Å². The lowest BCUT2D eigenvalue weighted by Gasteiger charge is -1.83. The quantitative estimate of drug-likeness (QED) is 0.480. The SMILES string of the molecule is F.F.F.[B]c1ccccc1. The highest BCUT2D eigenvalue weighted by atomic mass is 19.0. The number of hydrogen-bond acceptors (Lipinski definition) is 0. The molecule has 0 nitrogen and oxygen atoms in total. The van der Waals surface area contributed by atoms with Gasteiger partial charge in [-0.1, -0.05) is 35.8 Å². The van der Waals surface area contributed by atoms with Gasteiger partial charge in [0.1, 0.15) is 7.85 Å². The van der Waals surface area contributed by atoms with Crippen molar-refractivity contribution < 1.29 is 14.1 Å². The van der Waals surface area contributed by atoms with Crippen molar-refractivity contribution in [1.82, 2.24) is 0 Å². The van der Waals surface area contributed by atoms with E-state index in [2.05, 4.69) is 0 Å². The molecule has 10 heavy (non-hydrogen) atoms. The van der Waals surface area contributed by atoms with Gasteiger partial charge in [-0.2, -0.15) is 0 Å². The Labute approximate surface area is 58.8 Å². The normalized spacial score (nSPS) is 6.00. The molecule has 0 aromatic heterocycles. The van der Waals surface area contributed by atoms with E-state index in [9.17, 15) is 0 Å². The molecule has 0 atom stereocenters. The number of benzene rings is 1. The van der Waals surface area contributed by atoms with Crippen LogP contribution in [0.25, 0.3) is 0 Å². The average Bonchev–Trinajstić information content (AvgIpc) is 1.69. The Kier molecular flexibility index (Phi) is 12.9. The second-order valence-electron chi connectivity index (χ2n) is 1.41. The molecule has 0 aliphatic rings. The molecule has 0 bridgehead atoms. The van der Waals surface area contributed by atoms with Crippen LogP contribution in [0, 0.1) is 0 Å². The van der Waals surface area contributed by atoms with Gasteiger partial charge in [0.2, 0.25) is 0 Å². The van der Waals surface area contributed by atoms with Gasteiger partial charge in [-0.25, -0.2) is 0 Å². The molecule has 0 amide bonds. The monoisotopic (exact) mass is 148 g/mol. The lowest BCUT2D eigenvalue weighted by Crippen LogP contribution is -1.97. The van der Waals surface area contributed by atoms with Crippen LogP contribution in [-0.2, 0) is 0 Å². The van der Waals surface area contributed by atoms with Gasteiger partial charge in [0.05, 0.1) is 0 Å². The summed E-state index contributed by atoms with van der Waals surface area (Å²) in [6.07, 6.45) is 0. The van der Waals surface area contributed by atoms with Gasteiger partial charge in [-0.15, -0.1) is 0 Å². The highest BCUT2D eigenvalue weighted by Crippen LogP contribution is 1.76. The molecule has 4 heteroatoms. The Hall–Kier alpha value is -0.925. The zero-order valence-corrected chi connectivity index (χ0v) is 5.19. The van der Waals surface area contributed by atoms with Gasteiger partial charge in [0.25, 0.3) is 0 Å². The molecule has 0 N–H and O–H groups in total. The van der Waals surface area contributed by atoms with Gasteiger partial charge < -0.3 is 0 Å². The smallest absolute Gasteiger partial charge is 0.113 e. The fourth-order valence-electron chi connectivity index (χ4n) is 0.453. The summed E-state index contributed by atoms with van der Waals surface area (Å²) in [7, 11) is 5.36. The van der Waals surface area contributed by atoms with Gasteiger partial charge in [-0.05, 0) is 0 Å². The van der Waals surface area contributed by atoms with E-state index in [1.165, 1.54) is 0 Å². The van der Waals surface area contributed by atoms with Crippen molar-refractivity contribution in [2.24, 2.45) is 0 Å². The van der Waals surface area contributed by atoms with Crippen LogP contribution in [0.1, 0.15) is 0 Å². The van der Waals surface area contributed by atoms with Crippen LogP contribution < -0.4 is 5.46 Å². The summed E-state index contributed by atoms with van der Waals surface area (Å²) in [6, 6.07) is 9.49. The first-order valence-electron chi connectivity index (χ1n) is 2.20. The minimum Gasteiger partial charge on any atom is -0.269 e. The van der Waals surface area contributed by atoms with Crippen molar-refractivity contribution in [3.63, 3.8) is 0 Å². The Morgan fingerprint density at radius 3 is 1.40 bits per heavy atom. The Morgan fingerprint density at radius 1 is 0.800 bits per heavy atom. The molecule has 0 unspecified atom stereocenters. The molecule has 0 spiro atoms. The van der Waals surface area contributed by atoms with Crippen LogP contribution in [0.15, 0.2) is 30.3 Å². The van der Waals surface area contributed by atoms with Crippen LogP contribution >= 0.6 is 0 Å². The molecule has 0 aliphatic heterocycles. The minimum atomic E-state index is 0. The van der Waals surface area contributed by atoms with Crippen LogP contribution in [-0.4, -0.2) is 7.85 Å². The molecule has 1 aromatic rings. The first-order chi connectivity index (χ1) is 3.39. The maximum atomic E-state index is 5.36. The van der Waals surface area contributed by atoms with Gasteiger partial charge >= 0.3 is 0 Å². The Balaban J connectivity index is -0.000000163. The second kappa shape index (κ2) is 8.07. The summed E-state index contributed by atoms with van der Waals surface area (Å²) in [5, 5.41) is 0. The van der Waals surface area contributed by atoms with Crippen molar-refractivity contribution in [3.8, 4) is 0 Å². The van der Waals surface area contributed by atoms with E-state index in [1.807, 2.05) is 30.3 Å². The molecule has 1 rings (SSSR count). The molecule has 0 heterocycles. The number of halogens is 3. The van der Waals surface area contributed by atoms with Crippen molar-refractivity contribution >= 4 is 13.3 Å². The third kappa shape index (κ3) is 5.22. The van der Waals surface area contributed by atoms with Crippen molar-refractivity contribution in [2.75, 3.05) is 0 Å². The highest BCUT2D eigenvalue weighted by Gasteiger charge is 1.71. The predicted octanol–water partition coefficient (Wildman–Crippen LogP) is 0.938. The van der Waals surface area contributed by atoms with E-state index in [4.69, 9.17) is 7.85 Å². The average molecular weight is 148 g/mol. The Bertz CT molecular complexity index is 143. The third-order valence-corrected chi connectivity index (χ3v) is 0.800. The number of hydrogen-bond donors (Lipinski definition) is 0. The first kappa shape index (κ1) is 16.0. The molecule has 0 aliphatic carbocycles. The third-order valence-electron chi connectivity index (χ3n) is 0.800. The summed E-state index contributed by atoms with van der Waals surface area (Å²) >= 11 is 0. The molecule has 1 aromatic carbocycles. The minimum absolute atomic E-state index is 0. The molecular formula is C6H8BF3. The zero-order chi connectivity index (χ0) is 5.11. The standard InChI is InChI=1S/C6H5B.3FH/c7-6-4-2-1-3-5-6;;;/h1-5H;3*1H. The zero-order valence-electron chi connectivity index (χ0n) is 5.19. The predicted molar refractivity (Wildman–Crippen MR) is 39.3 cm³/mol. The maximum Gasteiger partial charge on any atom is 0.113 e. The Morgan fingerprint density at radius 2 is 1.20 bits per heavy atom. The lowest BCUT2D eigenvalue weighted by molar-refractivity contribution is 1.11. The van der Waals surface area contributed by atoms with Crippen LogP contribution in [0.5, 0.6) is 0 Å². The maximum absolute atomic E-state index is 5.36. The van der Waals surface area contributed by atoms with Gasteiger partial charge in [0.15, 0.2) is 0 Å². The summed E-state index contributed by atoms with van der Waals surface area (Å²) in [5.41, 5.74) is 0.822. The van der Waals surface area contributed by atoms with Crippen LogP contribution in [0.2, 0.25) is 0 Å². The summed E-state index contributed by atoms with van der Waals surface area (Å²) in [5.74, 6) is 0.